The third kappa shape index (κ3) is 5.80. The van der Waals surface area contributed by atoms with E-state index in [0.717, 1.165) is 6.08 Å². The monoisotopic (exact) mass is 430 g/mol. The molecule has 0 aliphatic rings. The van der Waals surface area contributed by atoms with Crippen LogP contribution in [0.5, 0.6) is 11.5 Å². The van der Waals surface area contributed by atoms with Crippen molar-refractivity contribution >= 4 is 28.0 Å². The van der Waals surface area contributed by atoms with Gasteiger partial charge in [-0.2, -0.15) is 8.78 Å². The van der Waals surface area contributed by atoms with Gasteiger partial charge in [0.1, 0.15) is 12.4 Å². The van der Waals surface area contributed by atoms with Crippen LogP contribution in [0.2, 0.25) is 0 Å². The van der Waals surface area contributed by atoms with E-state index in [1.54, 1.807) is 6.07 Å². The Bertz CT molecular complexity index is 809. The Hall–Kier alpha value is -2.48. The first-order valence-corrected chi connectivity index (χ1v) is 8.10. The van der Waals surface area contributed by atoms with Crippen molar-refractivity contribution in [1.82, 2.24) is 0 Å². The number of hydrogen-bond donors (Lipinski definition) is 0. The molecule has 0 atom stereocenters. The van der Waals surface area contributed by atoms with Gasteiger partial charge in [0.2, 0.25) is 0 Å². The minimum Gasteiger partial charge on any atom is -0.494 e. The standard InChI is InChI=1S/C18H14BrF3O4/c1-24-16-5-2-11(8-14(16)20)10-25-17(23)7-3-12-9-13(19)4-6-15(12)26-18(21)22/h2-9,18H,10H2,1H3/b7-3+. The predicted molar refractivity (Wildman–Crippen MR) is 92.6 cm³/mol. The van der Waals surface area contributed by atoms with Gasteiger partial charge in [-0.15, -0.1) is 0 Å². The molecule has 138 valence electrons. The topological polar surface area (TPSA) is 44.8 Å². The summed E-state index contributed by atoms with van der Waals surface area (Å²) in [6, 6.07) is 8.57. The Morgan fingerprint density at radius 1 is 1.19 bits per heavy atom. The van der Waals surface area contributed by atoms with E-state index in [9.17, 15) is 18.0 Å². The summed E-state index contributed by atoms with van der Waals surface area (Å²) in [5.41, 5.74) is 0.710. The van der Waals surface area contributed by atoms with Crippen LogP contribution >= 0.6 is 15.9 Å². The minimum absolute atomic E-state index is 0.0792. The quantitative estimate of drug-likeness (QED) is 0.460. The number of halogens is 4. The van der Waals surface area contributed by atoms with Crippen LogP contribution in [0.4, 0.5) is 13.2 Å². The van der Waals surface area contributed by atoms with Crippen molar-refractivity contribution in [3.8, 4) is 11.5 Å². The lowest BCUT2D eigenvalue weighted by Crippen LogP contribution is -2.04. The molecule has 0 aromatic heterocycles. The van der Waals surface area contributed by atoms with E-state index in [-0.39, 0.29) is 23.7 Å². The molecule has 26 heavy (non-hydrogen) atoms. The highest BCUT2D eigenvalue weighted by Gasteiger charge is 2.09. The Labute approximate surface area is 156 Å². The molecule has 0 fully saturated rings. The van der Waals surface area contributed by atoms with Crippen LogP contribution in [0.25, 0.3) is 6.08 Å². The molecule has 0 aliphatic carbocycles. The Balaban J connectivity index is 2.01. The lowest BCUT2D eigenvalue weighted by Gasteiger charge is -2.08. The van der Waals surface area contributed by atoms with E-state index < -0.39 is 18.4 Å². The first-order chi connectivity index (χ1) is 12.4. The Morgan fingerprint density at radius 2 is 1.92 bits per heavy atom. The molecular weight excluding hydrogens is 417 g/mol. The minimum atomic E-state index is -2.99. The lowest BCUT2D eigenvalue weighted by molar-refractivity contribution is -0.138. The van der Waals surface area contributed by atoms with E-state index in [1.165, 1.54) is 43.5 Å². The molecule has 2 aromatic rings. The SMILES string of the molecule is COc1ccc(COC(=O)/C=C/c2cc(Br)ccc2OC(F)F)cc1F. The van der Waals surface area contributed by atoms with Crippen molar-refractivity contribution in [2.75, 3.05) is 7.11 Å². The van der Waals surface area contributed by atoms with Gasteiger partial charge in [0.15, 0.2) is 11.6 Å². The maximum absolute atomic E-state index is 13.6. The number of benzene rings is 2. The van der Waals surface area contributed by atoms with Gasteiger partial charge in [0.05, 0.1) is 7.11 Å². The van der Waals surface area contributed by atoms with Crippen molar-refractivity contribution in [2.24, 2.45) is 0 Å². The fourth-order valence-electron chi connectivity index (χ4n) is 2.01. The highest BCUT2D eigenvalue weighted by Crippen LogP contribution is 2.26. The summed E-state index contributed by atoms with van der Waals surface area (Å²) in [6.07, 6.45) is 2.36. The van der Waals surface area contributed by atoms with E-state index in [4.69, 9.17) is 9.47 Å². The molecule has 8 heteroatoms. The van der Waals surface area contributed by atoms with Crippen molar-refractivity contribution in [3.63, 3.8) is 0 Å². The predicted octanol–water partition coefficient (Wildman–Crippen LogP) is 4.95. The molecule has 4 nitrogen and oxygen atoms in total. The normalized spacial score (nSPS) is 11.0. The molecule has 0 spiro atoms. The molecule has 0 saturated heterocycles. The summed E-state index contributed by atoms with van der Waals surface area (Å²) in [6.45, 7) is -3.14. The number of alkyl halides is 2. The van der Waals surface area contributed by atoms with Crippen LogP contribution in [0, 0.1) is 5.82 Å². The first-order valence-electron chi connectivity index (χ1n) is 7.30. The zero-order chi connectivity index (χ0) is 19.1. The van der Waals surface area contributed by atoms with E-state index in [1.807, 2.05) is 0 Å². The second-order valence-corrected chi connectivity index (χ2v) is 5.89. The molecule has 0 unspecified atom stereocenters. The molecule has 2 rings (SSSR count). The van der Waals surface area contributed by atoms with Crippen LogP contribution < -0.4 is 9.47 Å². The molecule has 0 saturated carbocycles. The fourth-order valence-corrected chi connectivity index (χ4v) is 2.39. The van der Waals surface area contributed by atoms with E-state index in [0.29, 0.717) is 10.0 Å². The van der Waals surface area contributed by atoms with E-state index in [2.05, 4.69) is 20.7 Å². The van der Waals surface area contributed by atoms with Gasteiger partial charge in [-0.1, -0.05) is 22.0 Å². The molecule has 0 N–H and O–H groups in total. The maximum Gasteiger partial charge on any atom is 0.387 e. The maximum atomic E-state index is 13.6. The average Bonchev–Trinajstić information content (AvgIpc) is 2.60. The number of methoxy groups -OCH3 is 1. The average molecular weight is 431 g/mol. The van der Waals surface area contributed by atoms with Crippen LogP contribution in [0.1, 0.15) is 11.1 Å². The molecule has 0 bridgehead atoms. The van der Waals surface area contributed by atoms with Crippen LogP contribution in [-0.2, 0) is 16.1 Å². The van der Waals surface area contributed by atoms with E-state index >= 15 is 0 Å². The zero-order valence-electron chi connectivity index (χ0n) is 13.5. The first kappa shape index (κ1) is 19.8. The second-order valence-electron chi connectivity index (χ2n) is 4.97. The largest absolute Gasteiger partial charge is 0.494 e. The van der Waals surface area contributed by atoms with Crippen molar-refractivity contribution in [1.29, 1.82) is 0 Å². The van der Waals surface area contributed by atoms with Crippen molar-refractivity contribution in [3.05, 3.63) is 63.9 Å². The van der Waals surface area contributed by atoms with Crippen LogP contribution in [0.15, 0.2) is 46.9 Å². The summed E-state index contributed by atoms with van der Waals surface area (Å²) in [5, 5.41) is 0. The van der Waals surface area contributed by atoms with Crippen LogP contribution in [-0.4, -0.2) is 19.7 Å². The van der Waals surface area contributed by atoms with Gasteiger partial charge in [-0.3, -0.25) is 0 Å². The molecule has 0 heterocycles. The summed E-state index contributed by atoms with van der Waals surface area (Å²) >= 11 is 3.21. The van der Waals surface area contributed by atoms with Crippen molar-refractivity contribution < 1.29 is 32.2 Å². The Kier molecular flexibility index (Phi) is 7.08. The van der Waals surface area contributed by atoms with Gasteiger partial charge in [-0.25, -0.2) is 9.18 Å². The van der Waals surface area contributed by atoms with Gasteiger partial charge in [-0.05, 0) is 42.0 Å². The smallest absolute Gasteiger partial charge is 0.387 e. The summed E-state index contributed by atoms with van der Waals surface area (Å²) in [7, 11) is 1.34. The van der Waals surface area contributed by atoms with Gasteiger partial charge >= 0.3 is 12.6 Å². The lowest BCUT2D eigenvalue weighted by atomic mass is 10.2. The van der Waals surface area contributed by atoms with Crippen LogP contribution in [0.3, 0.4) is 0 Å². The number of ether oxygens (including phenoxy) is 3. The van der Waals surface area contributed by atoms with Gasteiger partial charge in [0, 0.05) is 16.1 Å². The number of rotatable bonds is 7. The highest BCUT2D eigenvalue weighted by atomic mass is 79.9. The third-order valence-corrected chi connectivity index (χ3v) is 3.68. The number of carbonyl (C=O) groups excluding carboxylic acids is 1. The summed E-state index contributed by atoms with van der Waals surface area (Å²) in [5.74, 6) is -1.28. The summed E-state index contributed by atoms with van der Waals surface area (Å²) < 4.78 is 53.2. The zero-order valence-corrected chi connectivity index (χ0v) is 15.1. The molecule has 2 aromatic carbocycles. The number of carbonyl (C=O) groups is 1. The van der Waals surface area contributed by atoms with Gasteiger partial charge < -0.3 is 14.2 Å². The molecule has 0 radical (unpaired) electrons. The molecule has 0 amide bonds. The van der Waals surface area contributed by atoms with Crippen molar-refractivity contribution in [2.45, 2.75) is 13.2 Å². The number of esters is 1. The van der Waals surface area contributed by atoms with Gasteiger partial charge in [0.25, 0.3) is 0 Å². The molecular formula is C18H14BrF3O4. The number of hydrogen-bond acceptors (Lipinski definition) is 4. The summed E-state index contributed by atoms with van der Waals surface area (Å²) in [4.78, 5) is 11.8. The fraction of sp³-hybridized carbons (Fsp3) is 0.167. The Morgan fingerprint density at radius 3 is 2.58 bits per heavy atom. The second kappa shape index (κ2) is 9.28. The highest BCUT2D eigenvalue weighted by molar-refractivity contribution is 9.10. The molecule has 0 aliphatic heterocycles. The third-order valence-electron chi connectivity index (χ3n) is 3.18.